The Morgan fingerprint density at radius 1 is 1.42 bits per heavy atom. The number of aromatic nitrogens is 2. The van der Waals surface area contributed by atoms with Gasteiger partial charge < -0.3 is 14.6 Å². The van der Waals surface area contributed by atoms with Crippen LogP contribution < -0.4 is 5.32 Å². The number of nitrogens with zero attached hydrogens (tertiary/aromatic N) is 2. The van der Waals surface area contributed by atoms with Gasteiger partial charge in [0, 0.05) is 12.6 Å². The van der Waals surface area contributed by atoms with Crippen molar-refractivity contribution in [1.29, 1.82) is 0 Å². The Kier molecular flexibility index (Phi) is 3.53. The van der Waals surface area contributed by atoms with Gasteiger partial charge in [0.2, 0.25) is 0 Å². The second-order valence-electron chi connectivity index (χ2n) is 5.24. The summed E-state index contributed by atoms with van der Waals surface area (Å²) in [7, 11) is 1.93. The average molecular weight is 259 g/mol. The Morgan fingerprint density at radius 3 is 3.00 bits per heavy atom. The van der Waals surface area contributed by atoms with Crippen LogP contribution in [0.5, 0.6) is 0 Å². The van der Waals surface area contributed by atoms with E-state index in [1.807, 2.05) is 7.05 Å². The Labute approximate surface area is 113 Å². The van der Waals surface area contributed by atoms with Crippen LogP contribution in [-0.2, 0) is 11.3 Å². The van der Waals surface area contributed by atoms with E-state index in [1.54, 1.807) is 0 Å². The van der Waals surface area contributed by atoms with Crippen LogP contribution in [0.4, 0.5) is 0 Å². The maximum atomic E-state index is 5.61. The van der Waals surface area contributed by atoms with Crippen molar-refractivity contribution in [1.82, 2.24) is 14.9 Å². The van der Waals surface area contributed by atoms with Gasteiger partial charge in [0.1, 0.15) is 5.82 Å². The minimum absolute atomic E-state index is 0.660. The summed E-state index contributed by atoms with van der Waals surface area (Å²) in [6.07, 6.45) is 2.59. The van der Waals surface area contributed by atoms with Crippen LogP contribution in [-0.4, -0.2) is 29.8 Å². The van der Waals surface area contributed by atoms with E-state index >= 15 is 0 Å². The normalized spacial score (nSPS) is 15.3. The zero-order valence-electron chi connectivity index (χ0n) is 11.6. The summed E-state index contributed by atoms with van der Waals surface area (Å²) in [5.74, 6) is 1.13. The molecule has 4 nitrogen and oxygen atoms in total. The number of likely N-dealkylation sites (N-methyl/N-ethyl adjacent to an activating group) is 1. The van der Waals surface area contributed by atoms with Gasteiger partial charge in [0.05, 0.1) is 24.2 Å². The van der Waals surface area contributed by atoms with Crippen LogP contribution in [0.3, 0.4) is 0 Å². The van der Waals surface area contributed by atoms with E-state index < -0.39 is 0 Å². The fourth-order valence-electron chi connectivity index (χ4n) is 2.51. The van der Waals surface area contributed by atoms with Gasteiger partial charge in [-0.25, -0.2) is 4.98 Å². The van der Waals surface area contributed by atoms with Crippen molar-refractivity contribution >= 4 is 11.0 Å². The smallest absolute Gasteiger partial charge is 0.106 e. The molecule has 0 saturated heterocycles. The SMILES string of the molecule is CNCCOCc1ccc2c(c1)nc(C)n2C1CC1. The first-order valence-electron chi connectivity index (χ1n) is 6.99. The Balaban J connectivity index is 1.77. The van der Waals surface area contributed by atoms with Gasteiger partial charge in [-0.1, -0.05) is 6.07 Å². The van der Waals surface area contributed by atoms with Crippen molar-refractivity contribution in [3.8, 4) is 0 Å². The second-order valence-corrected chi connectivity index (χ2v) is 5.24. The fraction of sp³-hybridized carbons (Fsp3) is 0.533. The summed E-state index contributed by atoms with van der Waals surface area (Å²) in [6.45, 7) is 4.39. The maximum Gasteiger partial charge on any atom is 0.106 e. The number of nitrogens with one attached hydrogen (secondary N) is 1. The molecule has 1 saturated carbocycles. The van der Waals surface area contributed by atoms with Crippen molar-refractivity contribution in [2.45, 2.75) is 32.4 Å². The highest BCUT2D eigenvalue weighted by molar-refractivity contribution is 5.77. The maximum absolute atomic E-state index is 5.61. The summed E-state index contributed by atoms with van der Waals surface area (Å²) >= 11 is 0. The molecule has 0 unspecified atom stereocenters. The predicted octanol–water partition coefficient (Wildman–Crippen LogP) is 2.42. The fourth-order valence-corrected chi connectivity index (χ4v) is 2.51. The third-order valence-electron chi connectivity index (χ3n) is 3.61. The third-order valence-corrected chi connectivity index (χ3v) is 3.61. The number of aryl methyl sites for hydroxylation is 1. The van der Waals surface area contributed by atoms with Crippen LogP contribution in [0.2, 0.25) is 0 Å². The highest BCUT2D eigenvalue weighted by atomic mass is 16.5. The highest BCUT2D eigenvalue weighted by Gasteiger charge is 2.26. The molecule has 1 N–H and O–H groups in total. The first kappa shape index (κ1) is 12.6. The quantitative estimate of drug-likeness (QED) is 0.810. The molecule has 1 aliphatic rings. The number of hydrogen-bond donors (Lipinski definition) is 1. The lowest BCUT2D eigenvalue weighted by molar-refractivity contribution is 0.124. The number of benzene rings is 1. The molecule has 0 radical (unpaired) electrons. The van der Waals surface area contributed by atoms with E-state index in [1.165, 1.54) is 23.9 Å². The second kappa shape index (κ2) is 5.31. The molecule has 0 atom stereocenters. The average Bonchev–Trinajstić information content (AvgIpc) is 3.17. The van der Waals surface area contributed by atoms with Gasteiger partial charge >= 0.3 is 0 Å². The molecule has 1 aromatic carbocycles. The summed E-state index contributed by atoms with van der Waals surface area (Å²) in [6, 6.07) is 7.18. The molecule has 3 rings (SSSR count). The Morgan fingerprint density at radius 2 is 2.26 bits per heavy atom. The van der Waals surface area contributed by atoms with Crippen LogP contribution in [0, 0.1) is 6.92 Å². The molecule has 1 heterocycles. The lowest BCUT2D eigenvalue weighted by atomic mass is 10.2. The third kappa shape index (κ3) is 2.65. The van der Waals surface area contributed by atoms with Crippen LogP contribution in [0.15, 0.2) is 18.2 Å². The van der Waals surface area contributed by atoms with Gasteiger partial charge in [-0.15, -0.1) is 0 Å². The largest absolute Gasteiger partial charge is 0.375 e. The molecular formula is C15H21N3O. The Hall–Kier alpha value is -1.39. The van der Waals surface area contributed by atoms with E-state index in [0.29, 0.717) is 12.6 Å². The van der Waals surface area contributed by atoms with E-state index in [-0.39, 0.29) is 0 Å². The van der Waals surface area contributed by atoms with Gasteiger partial charge in [0.15, 0.2) is 0 Å². The number of hydrogen-bond acceptors (Lipinski definition) is 3. The van der Waals surface area contributed by atoms with Gasteiger partial charge in [-0.2, -0.15) is 0 Å². The van der Waals surface area contributed by atoms with Crippen molar-refractivity contribution in [3.05, 3.63) is 29.6 Å². The topological polar surface area (TPSA) is 39.1 Å². The van der Waals surface area contributed by atoms with E-state index in [2.05, 4.69) is 40.0 Å². The van der Waals surface area contributed by atoms with Crippen molar-refractivity contribution in [2.24, 2.45) is 0 Å². The molecule has 0 amide bonds. The lowest BCUT2D eigenvalue weighted by Gasteiger charge is -2.06. The molecule has 0 spiro atoms. The zero-order valence-corrected chi connectivity index (χ0v) is 11.6. The van der Waals surface area contributed by atoms with Crippen molar-refractivity contribution in [3.63, 3.8) is 0 Å². The molecule has 1 fully saturated rings. The molecule has 0 aliphatic heterocycles. The minimum Gasteiger partial charge on any atom is -0.375 e. The molecule has 4 heteroatoms. The van der Waals surface area contributed by atoms with Crippen molar-refractivity contribution in [2.75, 3.05) is 20.2 Å². The summed E-state index contributed by atoms with van der Waals surface area (Å²) in [5, 5.41) is 3.07. The number of fused-ring (bicyclic) bond motifs is 1. The predicted molar refractivity (Wildman–Crippen MR) is 76.3 cm³/mol. The number of ether oxygens (including phenoxy) is 1. The van der Waals surface area contributed by atoms with E-state index in [0.717, 1.165) is 24.5 Å². The van der Waals surface area contributed by atoms with E-state index in [4.69, 9.17) is 4.74 Å². The lowest BCUT2D eigenvalue weighted by Crippen LogP contribution is -2.13. The van der Waals surface area contributed by atoms with Crippen LogP contribution in [0.1, 0.15) is 30.3 Å². The zero-order chi connectivity index (χ0) is 13.2. The monoisotopic (exact) mass is 259 g/mol. The first-order chi connectivity index (χ1) is 9.29. The number of imidazole rings is 1. The first-order valence-corrected chi connectivity index (χ1v) is 6.99. The summed E-state index contributed by atoms with van der Waals surface area (Å²) in [4.78, 5) is 4.67. The number of rotatable bonds is 6. The van der Waals surface area contributed by atoms with E-state index in [9.17, 15) is 0 Å². The Bertz CT molecular complexity index is 572. The molecule has 1 aromatic heterocycles. The van der Waals surface area contributed by atoms with Crippen LogP contribution in [0.25, 0.3) is 11.0 Å². The molecule has 1 aliphatic carbocycles. The minimum atomic E-state index is 0.660. The van der Waals surface area contributed by atoms with Gasteiger partial charge in [-0.3, -0.25) is 0 Å². The molecule has 0 bridgehead atoms. The molecule has 19 heavy (non-hydrogen) atoms. The molecule has 102 valence electrons. The standard InChI is InChI=1S/C15H21N3O/c1-11-17-14-9-12(10-19-8-7-16-2)3-6-15(14)18(11)13-4-5-13/h3,6,9,13,16H,4-5,7-8,10H2,1-2H3. The van der Waals surface area contributed by atoms with Gasteiger partial charge in [0.25, 0.3) is 0 Å². The molecular weight excluding hydrogens is 238 g/mol. The van der Waals surface area contributed by atoms with Crippen LogP contribution >= 0.6 is 0 Å². The highest BCUT2D eigenvalue weighted by Crippen LogP contribution is 2.38. The summed E-state index contributed by atoms with van der Waals surface area (Å²) < 4.78 is 7.98. The molecule has 2 aromatic rings. The van der Waals surface area contributed by atoms with Gasteiger partial charge in [-0.05, 0) is 44.5 Å². The van der Waals surface area contributed by atoms with Crippen molar-refractivity contribution < 1.29 is 4.74 Å². The summed E-state index contributed by atoms with van der Waals surface area (Å²) in [5.41, 5.74) is 3.56.